The summed E-state index contributed by atoms with van der Waals surface area (Å²) in [6.07, 6.45) is 7.06. The van der Waals surface area contributed by atoms with Crippen LogP contribution in [-0.4, -0.2) is 47.6 Å². The van der Waals surface area contributed by atoms with Crippen LogP contribution in [0.1, 0.15) is 12.8 Å². The fourth-order valence-electron chi connectivity index (χ4n) is 3.05. The summed E-state index contributed by atoms with van der Waals surface area (Å²) in [5, 5.41) is 8.41. The first-order valence-corrected chi connectivity index (χ1v) is 8.35. The van der Waals surface area contributed by atoms with Crippen LogP contribution in [-0.2, 0) is 6.54 Å². The van der Waals surface area contributed by atoms with Gasteiger partial charge in [-0.2, -0.15) is 5.10 Å². The molecule has 3 aromatic heterocycles. The second kappa shape index (κ2) is 6.98. The molecular formula is C16H17FN8O. The summed E-state index contributed by atoms with van der Waals surface area (Å²) in [6, 6.07) is 3.12. The van der Waals surface area contributed by atoms with Crippen molar-refractivity contribution in [2.45, 2.75) is 19.4 Å². The lowest BCUT2D eigenvalue weighted by atomic mass is 9.97. The Labute approximate surface area is 148 Å². The van der Waals surface area contributed by atoms with Crippen molar-refractivity contribution < 1.29 is 4.39 Å². The standard InChI is InChI=1S/C16H17FN8O/c17-13-7-19-16(20-8-13)23-5-3-12(4-6-23)9-24-15(26)2-1-14(22-24)25-11-18-10-21-25/h1-2,7-8,10-12H,3-6,9H2. The zero-order valence-electron chi connectivity index (χ0n) is 13.9. The van der Waals surface area contributed by atoms with Gasteiger partial charge in [-0.05, 0) is 24.8 Å². The molecule has 0 unspecified atom stereocenters. The van der Waals surface area contributed by atoms with Crippen LogP contribution >= 0.6 is 0 Å². The second-order valence-electron chi connectivity index (χ2n) is 6.18. The highest BCUT2D eigenvalue weighted by atomic mass is 19.1. The zero-order valence-corrected chi connectivity index (χ0v) is 13.9. The van der Waals surface area contributed by atoms with Crippen LogP contribution in [0.25, 0.3) is 5.82 Å². The van der Waals surface area contributed by atoms with Crippen LogP contribution < -0.4 is 10.5 Å². The summed E-state index contributed by atoms with van der Waals surface area (Å²) in [4.78, 5) is 26.1. The molecule has 0 aliphatic carbocycles. The van der Waals surface area contributed by atoms with E-state index in [0.29, 0.717) is 24.2 Å². The lowest BCUT2D eigenvalue weighted by Gasteiger charge is -2.31. The summed E-state index contributed by atoms with van der Waals surface area (Å²) >= 11 is 0. The molecule has 10 heteroatoms. The summed E-state index contributed by atoms with van der Waals surface area (Å²) in [5.74, 6) is 0.969. The predicted molar refractivity (Wildman–Crippen MR) is 90.3 cm³/mol. The smallest absolute Gasteiger partial charge is 0.266 e. The highest BCUT2D eigenvalue weighted by Gasteiger charge is 2.22. The fourth-order valence-corrected chi connectivity index (χ4v) is 3.05. The molecule has 134 valence electrons. The molecule has 26 heavy (non-hydrogen) atoms. The molecule has 0 atom stereocenters. The largest absolute Gasteiger partial charge is 0.341 e. The van der Waals surface area contributed by atoms with Crippen LogP contribution in [0.2, 0.25) is 0 Å². The lowest BCUT2D eigenvalue weighted by molar-refractivity contribution is 0.332. The van der Waals surface area contributed by atoms with Crippen LogP contribution in [0.3, 0.4) is 0 Å². The number of aromatic nitrogens is 7. The van der Waals surface area contributed by atoms with E-state index in [2.05, 4.69) is 25.1 Å². The van der Waals surface area contributed by atoms with Crippen LogP contribution in [0.15, 0.2) is 42.0 Å². The average Bonchev–Trinajstić information content (AvgIpc) is 3.20. The van der Waals surface area contributed by atoms with E-state index in [4.69, 9.17) is 0 Å². The zero-order chi connectivity index (χ0) is 17.9. The molecule has 0 radical (unpaired) electrons. The minimum atomic E-state index is -0.443. The predicted octanol–water partition coefficient (Wildman–Crippen LogP) is 0.670. The van der Waals surface area contributed by atoms with E-state index in [9.17, 15) is 9.18 Å². The molecule has 1 aliphatic rings. The third-order valence-electron chi connectivity index (χ3n) is 4.44. The van der Waals surface area contributed by atoms with Crippen molar-refractivity contribution in [2.24, 2.45) is 5.92 Å². The van der Waals surface area contributed by atoms with Crippen molar-refractivity contribution in [3.05, 3.63) is 53.4 Å². The number of hydrogen-bond donors (Lipinski definition) is 0. The van der Waals surface area contributed by atoms with Gasteiger partial charge in [0, 0.05) is 25.7 Å². The average molecular weight is 356 g/mol. The minimum absolute atomic E-state index is 0.141. The van der Waals surface area contributed by atoms with Gasteiger partial charge in [0.05, 0.1) is 12.4 Å². The Morgan fingerprint density at radius 1 is 1.15 bits per heavy atom. The van der Waals surface area contributed by atoms with Gasteiger partial charge in [-0.15, -0.1) is 5.10 Å². The second-order valence-corrected chi connectivity index (χ2v) is 6.18. The van der Waals surface area contributed by atoms with Gasteiger partial charge < -0.3 is 4.90 Å². The van der Waals surface area contributed by atoms with E-state index in [1.807, 2.05) is 4.90 Å². The van der Waals surface area contributed by atoms with E-state index in [-0.39, 0.29) is 5.56 Å². The Balaban J connectivity index is 1.42. The van der Waals surface area contributed by atoms with Gasteiger partial charge in [-0.3, -0.25) is 4.79 Å². The molecule has 4 rings (SSSR count). The summed E-state index contributed by atoms with van der Waals surface area (Å²) < 4.78 is 15.9. The quantitative estimate of drug-likeness (QED) is 0.678. The Morgan fingerprint density at radius 2 is 1.92 bits per heavy atom. The molecule has 0 aromatic carbocycles. The van der Waals surface area contributed by atoms with Gasteiger partial charge in [0.25, 0.3) is 5.56 Å². The van der Waals surface area contributed by atoms with Gasteiger partial charge in [0.2, 0.25) is 5.95 Å². The first-order chi connectivity index (χ1) is 12.7. The number of anilines is 1. The number of hydrogen-bond acceptors (Lipinski definition) is 7. The van der Waals surface area contributed by atoms with Crippen molar-refractivity contribution in [1.82, 2.24) is 34.5 Å². The van der Waals surface area contributed by atoms with Gasteiger partial charge in [-0.25, -0.2) is 28.7 Å². The Hall–Kier alpha value is -3.17. The maximum atomic E-state index is 12.9. The molecule has 1 fully saturated rings. The Kier molecular flexibility index (Phi) is 4.38. The molecule has 0 N–H and O–H groups in total. The molecule has 4 heterocycles. The highest BCUT2D eigenvalue weighted by molar-refractivity contribution is 5.29. The van der Waals surface area contributed by atoms with Crippen molar-refractivity contribution in [3.8, 4) is 5.82 Å². The number of nitrogens with zero attached hydrogens (tertiary/aromatic N) is 8. The van der Waals surface area contributed by atoms with Crippen molar-refractivity contribution >= 4 is 5.95 Å². The number of rotatable bonds is 4. The summed E-state index contributed by atoms with van der Waals surface area (Å²) in [6.45, 7) is 2.06. The molecular weight excluding hydrogens is 339 g/mol. The van der Waals surface area contributed by atoms with Gasteiger partial charge >= 0.3 is 0 Å². The van der Waals surface area contributed by atoms with Crippen LogP contribution in [0.4, 0.5) is 10.3 Å². The monoisotopic (exact) mass is 356 g/mol. The molecule has 0 saturated carbocycles. The first-order valence-electron chi connectivity index (χ1n) is 8.35. The molecule has 0 amide bonds. The summed E-state index contributed by atoms with van der Waals surface area (Å²) in [5.41, 5.74) is -0.141. The maximum Gasteiger partial charge on any atom is 0.266 e. The SMILES string of the molecule is O=c1ccc(-n2cncn2)nn1CC1CCN(c2ncc(F)cn2)CC1. The highest BCUT2D eigenvalue weighted by Crippen LogP contribution is 2.21. The molecule has 0 spiro atoms. The minimum Gasteiger partial charge on any atom is -0.341 e. The van der Waals surface area contributed by atoms with Gasteiger partial charge in [0.15, 0.2) is 11.6 Å². The molecule has 9 nitrogen and oxygen atoms in total. The van der Waals surface area contributed by atoms with Crippen LogP contribution in [0.5, 0.6) is 0 Å². The van der Waals surface area contributed by atoms with E-state index in [0.717, 1.165) is 25.9 Å². The van der Waals surface area contributed by atoms with Crippen LogP contribution in [0, 0.1) is 11.7 Å². The molecule has 3 aromatic rings. The lowest BCUT2D eigenvalue weighted by Crippen LogP contribution is -2.37. The fraction of sp³-hybridized carbons (Fsp3) is 0.375. The molecule has 1 saturated heterocycles. The van der Waals surface area contributed by atoms with Gasteiger partial charge in [0.1, 0.15) is 12.7 Å². The number of piperidine rings is 1. The van der Waals surface area contributed by atoms with Crippen molar-refractivity contribution in [2.75, 3.05) is 18.0 Å². The first kappa shape index (κ1) is 16.3. The van der Waals surface area contributed by atoms with Crippen molar-refractivity contribution in [3.63, 3.8) is 0 Å². The van der Waals surface area contributed by atoms with E-state index < -0.39 is 5.82 Å². The maximum absolute atomic E-state index is 12.9. The van der Waals surface area contributed by atoms with Crippen molar-refractivity contribution in [1.29, 1.82) is 0 Å². The number of halogens is 1. The Morgan fingerprint density at radius 3 is 2.62 bits per heavy atom. The van der Waals surface area contributed by atoms with E-state index in [1.165, 1.54) is 34.2 Å². The van der Waals surface area contributed by atoms with E-state index in [1.54, 1.807) is 12.4 Å². The molecule has 0 bridgehead atoms. The van der Waals surface area contributed by atoms with E-state index >= 15 is 0 Å². The molecule has 1 aliphatic heterocycles. The Bertz CT molecular complexity index is 916. The topological polar surface area (TPSA) is 94.6 Å². The third kappa shape index (κ3) is 3.44. The van der Waals surface area contributed by atoms with Gasteiger partial charge in [-0.1, -0.05) is 0 Å². The summed E-state index contributed by atoms with van der Waals surface area (Å²) in [7, 11) is 0. The third-order valence-corrected chi connectivity index (χ3v) is 4.44. The normalized spacial score (nSPS) is 15.3.